The van der Waals surface area contributed by atoms with E-state index in [1.807, 2.05) is 45.0 Å². The van der Waals surface area contributed by atoms with E-state index in [9.17, 15) is 9.59 Å². The highest BCUT2D eigenvalue weighted by Crippen LogP contribution is 2.37. The van der Waals surface area contributed by atoms with E-state index in [-0.39, 0.29) is 24.3 Å². The number of allylic oxidation sites excluding steroid dienone is 1. The third kappa shape index (κ3) is 7.56. The van der Waals surface area contributed by atoms with E-state index < -0.39 is 12.0 Å². The topological polar surface area (TPSA) is 97.6 Å². The fraction of sp³-hybridized carbons (Fsp3) is 0.306. The first-order valence-electron chi connectivity index (χ1n) is 15.6. The van der Waals surface area contributed by atoms with Crippen LogP contribution in [0.3, 0.4) is 0 Å². The molecule has 2 heterocycles. The number of thiazole rings is 1. The predicted octanol–water partition coefficient (Wildman–Crippen LogP) is 6.88. The van der Waals surface area contributed by atoms with Gasteiger partial charge < -0.3 is 23.7 Å². The highest BCUT2D eigenvalue weighted by Gasteiger charge is 2.34. The molecule has 1 aliphatic rings. The molecule has 1 aromatic heterocycles. The van der Waals surface area contributed by atoms with Gasteiger partial charge in [-0.1, -0.05) is 52.7 Å². The van der Waals surface area contributed by atoms with Crippen LogP contribution in [0, 0.1) is 0 Å². The number of rotatable bonds is 13. The molecule has 9 nitrogen and oxygen atoms in total. The van der Waals surface area contributed by atoms with E-state index in [0.717, 1.165) is 11.1 Å². The zero-order chi connectivity index (χ0) is 34.4. The third-order valence-corrected chi connectivity index (χ3v) is 8.93. The van der Waals surface area contributed by atoms with Crippen molar-refractivity contribution >= 4 is 46.6 Å². The van der Waals surface area contributed by atoms with E-state index in [4.69, 9.17) is 46.9 Å². The lowest BCUT2D eigenvalue weighted by atomic mass is 9.95. The van der Waals surface area contributed by atoms with Crippen LogP contribution in [0.25, 0.3) is 6.08 Å². The van der Waals surface area contributed by atoms with Crippen LogP contribution in [0.15, 0.2) is 75.7 Å². The number of aromatic nitrogens is 1. The highest BCUT2D eigenvalue weighted by molar-refractivity contribution is 7.07. The van der Waals surface area contributed by atoms with Gasteiger partial charge in [-0.25, -0.2) is 9.79 Å². The monoisotopic (exact) mass is 710 g/mol. The summed E-state index contributed by atoms with van der Waals surface area (Å²) >= 11 is 13.6. The molecule has 0 unspecified atom stereocenters. The Morgan fingerprint density at radius 2 is 1.52 bits per heavy atom. The van der Waals surface area contributed by atoms with Gasteiger partial charge in [-0.3, -0.25) is 9.36 Å². The summed E-state index contributed by atoms with van der Waals surface area (Å²) in [6, 6.07) is 15.3. The number of fused-ring (bicyclic) bond motifs is 1. The predicted molar refractivity (Wildman–Crippen MR) is 188 cm³/mol. The number of hydrogen-bond donors (Lipinski definition) is 0. The Morgan fingerprint density at radius 1 is 0.854 bits per heavy atom. The third-order valence-electron chi connectivity index (χ3n) is 7.36. The quantitative estimate of drug-likeness (QED) is 0.140. The molecule has 1 atom stereocenters. The van der Waals surface area contributed by atoms with Crippen molar-refractivity contribution in [2.45, 2.75) is 47.3 Å². The first-order valence-corrected chi connectivity index (χ1v) is 17.2. The van der Waals surface area contributed by atoms with Crippen LogP contribution in [-0.2, 0) is 16.1 Å². The number of carbonyl (C=O) groups excluding carboxylic acids is 1. The lowest BCUT2D eigenvalue weighted by molar-refractivity contribution is -0.139. The maximum absolute atomic E-state index is 14.2. The number of halogens is 2. The minimum absolute atomic E-state index is 0.175. The number of hydrogen-bond acceptors (Lipinski definition) is 9. The summed E-state index contributed by atoms with van der Waals surface area (Å²) in [5, 5.41) is 1.05. The van der Waals surface area contributed by atoms with Crippen molar-refractivity contribution in [3.8, 4) is 23.0 Å². The maximum Gasteiger partial charge on any atom is 0.338 e. The molecule has 252 valence electrons. The van der Waals surface area contributed by atoms with Crippen molar-refractivity contribution in [3.63, 3.8) is 0 Å². The fourth-order valence-corrected chi connectivity index (χ4v) is 6.80. The highest BCUT2D eigenvalue weighted by atomic mass is 35.5. The molecule has 4 aromatic rings. The molecular weight excluding hydrogens is 675 g/mol. The molecule has 0 saturated heterocycles. The molecule has 0 fully saturated rings. The summed E-state index contributed by atoms with van der Waals surface area (Å²) in [5.41, 5.74) is 2.61. The molecule has 5 rings (SSSR count). The van der Waals surface area contributed by atoms with Crippen LogP contribution in [0.1, 0.15) is 57.4 Å². The lowest BCUT2D eigenvalue weighted by Crippen LogP contribution is -2.40. The zero-order valence-electron chi connectivity index (χ0n) is 27.3. The van der Waals surface area contributed by atoms with Gasteiger partial charge in [-0.05, 0) is 88.2 Å². The zero-order valence-corrected chi connectivity index (χ0v) is 29.6. The Labute approximate surface area is 292 Å². The molecule has 48 heavy (non-hydrogen) atoms. The fourth-order valence-electron chi connectivity index (χ4n) is 5.29. The van der Waals surface area contributed by atoms with E-state index >= 15 is 0 Å². The van der Waals surface area contributed by atoms with Crippen LogP contribution in [0.5, 0.6) is 23.0 Å². The number of benzene rings is 3. The lowest BCUT2D eigenvalue weighted by Gasteiger charge is -2.25. The Bertz CT molecular complexity index is 2040. The Morgan fingerprint density at radius 3 is 2.21 bits per heavy atom. The van der Waals surface area contributed by atoms with Crippen molar-refractivity contribution in [1.82, 2.24) is 4.57 Å². The van der Waals surface area contributed by atoms with Gasteiger partial charge in [0.05, 0.1) is 48.3 Å². The van der Waals surface area contributed by atoms with E-state index in [1.165, 1.54) is 15.9 Å². The van der Waals surface area contributed by atoms with Crippen LogP contribution in [-0.4, -0.2) is 37.0 Å². The molecule has 0 saturated carbocycles. The summed E-state index contributed by atoms with van der Waals surface area (Å²) in [6.07, 6.45) is 1.77. The van der Waals surface area contributed by atoms with Crippen LogP contribution in [0.4, 0.5) is 0 Å². The van der Waals surface area contributed by atoms with Gasteiger partial charge in [0.2, 0.25) is 0 Å². The largest absolute Gasteiger partial charge is 0.490 e. The average Bonchev–Trinajstić information content (AvgIpc) is 3.35. The smallest absolute Gasteiger partial charge is 0.338 e. The van der Waals surface area contributed by atoms with E-state index in [0.29, 0.717) is 73.5 Å². The minimum atomic E-state index is -0.799. The number of ether oxygens (including phenoxy) is 5. The molecule has 0 radical (unpaired) electrons. The molecular formula is C36H36Cl2N2O7S. The van der Waals surface area contributed by atoms with Gasteiger partial charge in [-0.2, -0.15) is 0 Å². The summed E-state index contributed by atoms with van der Waals surface area (Å²) < 4.78 is 31.0. The first kappa shape index (κ1) is 35.1. The van der Waals surface area contributed by atoms with Gasteiger partial charge in [0.25, 0.3) is 5.56 Å². The van der Waals surface area contributed by atoms with Crippen molar-refractivity contribution in [1.29, 1.82) is 0 Å². The Hall–Kier alpha value is -4.25. The summed E-state index contributed by atoms with van der Waals surface area (Å²) in [7, 11) is 0. The van der Waals surface area contributed by atoms with Crippen LogP contribution >= 0.6 is 34.5 Å². The number of nitrogens with zero attached hydrogens (tertiary/aromatic N) is 2. The Kier molecular flexibility index (Phi) is 11.5. The van der Waals surface area contributed by atoms with Gasteiger partial charge in [0, 0.05) is 15.6 Å². The van der Waals surface area contributed by atoms with Crippen LogP contribution in [0.2, 0.25) is 10.0 Å². The molecule has 12 heteroatoms. The van der Waals surface area contributed by atoms with Crippen molar-refractivity contribution in [2.75, 3.05) is 26.4 Å². The van der Waals surface area contributed by atoms with Gasteiger partial charge in [-0.15, -0.1) is 0 Å². The first-order chi connectivity index (χ1) is 23.2. The molecule has 3 aromatic carbocycles. The van der Waals surface area contributed by atoms with Crippen molar-refractivity contribution < 1.29 is 28.5 Å². The molecule has 0 spiro atoms. The molecule has 0 amide bonds. The summed E-state index contributed by atoms with van der Waals surface area (Å²) in [5.74, 6) is 1.59. The molecule has 0 bridgehead atoms. The standard InChI is InChI=1S/C36H36Cl2N2O7S/c1-6-43-27-15-12-23(18-30(27)45-8-3)33-32(35(42)46-9-4)21(5)39-36-40(33)34(41)31(48-36)17-22-10-14-28(29(16-22)44-7-2)47-20-24-11-13-25(37)19-26(24)38/h10-19,33H,6-9,20H2,1-5H3/b31-17-/t33-/m1/s1. The van der Waals surface area contributed by atoms with Crippen LogP contribution < -0.4 is 33.8 Å². The van der Waals surface area contributed by atoms with E-state index in [1.54, 1.807) is 50.3 Å². The van der Waals surface area contributed by atoms with E-state index in [2.05, 4.69) is 4.99 Å². The molecule has 0 N–H and O–H groups in total. The number of esters is 1. The second kappa shape index (κ2) is 15.8. The normalized spacial score (nSPS) is 14.3. The second-order valence-electron chi connectivity index (χ2n) is 10.5. The SMILES string of the molecule is CCOC(=O)C1=C(C)N=c2s/c(=C\c3ccc(OCc4ccc(Cl)cc4Cl)c(OCC)c3)c(=O)n2[C@@H]1c1ccc(OCC)c(OCC)c1. The second-order valence-corrected chi connectivity index (χ2v) is 12.4. The molecule has 1 aliphatic heterocycles. The Balaban J connectivity index is 1.57. The minimum Gasteiger partial charge on any atom is -0.490 e. The van der Waals surface area contributed by atoms with Crippen molar-refractivity contribution in [2.24, 2.45) is 4.99 Å². The molecule has 0 aliphatic carbocycles. The summed E-state index contributed by atoms with van der Waals surface area (Å²) in [4.78, 5) is 32.7. The van der Waals surface area contributed by atoms with Gasteiger partial charge >= 0.3 is 5.97 Å². The van der Waals surface area contributed by atoms with Gasteiger partial charge in [0.1, 0.15) is 6.61 Å². The maximum atomic E-state index is 14.2. The number of carbonyl (C=O) groups is 1. The van der Waals surface area contributed by atoms with Crippen molar-refractivity contribution in [3.05, 3.63) is 112 Å². The summed E-state index contributed by atoms with van der Waals surface area (Å²) in [6.45, 7) is 10.8. The average molecular weight is 712 g/mol. The van der Waals surface area contributed by atoms with Gasteiger partial charge in [0.15, 0.2) is 27.8 Å².